The van der Waals surface area contributed by atoms with Gasteiger partial charge >= 0.3 is 0 Å². The summed E-state index contributed by atoms with van der Waals surface area (Å²) in [6, 6.07) is 11.2. The summed E-state index contributed by atoms with van der Waals surface area (Å²) in [4.78, 5) is 35.6. The Balaban J connectivity index is 1.54. The van der Waals surface area contributed by atoms with Gasteiger partial charge in [0.25, 0.3) is 5.91 Å². The molecule has 7 heteroatoms. The van der Waals surface area contributed by atoms with E-state index in [4.69, 9.17) is 4.74 Å². The predicted molar refractivity (Wildman–Crippen MR) is 118 cm³/mol. The SMILES string of the molecule is CCc1cnccc1C(=O)Nc1cc2c(cn1)N(Cc1ccc(OC)cc1)C(=O)CC2. The minimum atomic E-state index is -0.214. The number of nitrogens with zero attached hydrogens (tertiary/aromatic N) is 3. The molecule has 1 N–H and O–H groups in total. The molecule has 1 aromatic carbocycles. The van der Waals surface area contributed by atoms with Gasteiger partial charge in [-0.3, -0.25) is 14.6 Å². The second-order valence-electron chi connectivity index (χ2n) is 7.37. The molecule has 0 atom stereocenters. The van der Waals surface area contributed by atoms with E-state index in [9.17, 15) is 9.59 Å². The Bertz CT molecular complexity index is 1110. The van der Waals surface area contributed by atoms with Crippen LogP contribution in [0.5, 0.6) is 5.75 Å². The molecule has 0 radical (unpaired) electrons. The smallest absolute Gasteiger partial charge is 0.257 e. The first-order valence-corrected chi connectivity index (χ1v) is 10.3. The van der Waals surface area contributed by atoms with Crippen molar-refractivity contribution in [2.45, 2.75) is 32.7 Å². The number of aryl methyl sites for hydroxylation is 2. The fourth-order valence-corrected chi connectivity index (χ4v) is 3.71. The van der Waals surface area contributed by atoms with Gasteiger partial charge in [0.2, 0.25) is 5.91 Å². The largest absolute Gasteiger partial charge is 0.497 e. The second-order valence-corrected chi connectivity index (χ2v) is 7.37. The number of fused-ring (bicyclic) bond motifs is 1. The Labute approximate surface area is 181 Å². The van der Waals surface area contributed by atoms with Gasteiger partial charge in [0, 0.05) is 24.4 Å². The Morgan fingerprint density at radius 3 is 2.71 bits per heavy atom. The van der Waals surface area contributed by atoms with Crippen molar-refractivity contribution in [1.82, 2.24) is 9.97 Å². The van der Waals surface area contributed by atoms with Gasteiger partial charge in [-0.25, -0.2) is 4.98 Å². The summed E-state index contributed by atoms with van der Waals surface area (Å²) in [6.07, 6.45) is 6.74. The highest BCUT2D eigenvalue weighted by molar-refractivity contribution is 6.05. The van der Waals surface area contributed by atoms with E-state index in [-0.39, 0.29) is 11.8 Å². The number of hydrogen-bond acceptors (Lipinski definition) is 5. The lowest BCUT2D eigenvalue weighted by Gasteiger charge is -2.29. The zero-order valence-corrected chi connectivity index (χ0v) is 17.6. The lowest BCUT2D eigenvalue weighted by molar-refractivity contribution is -0.119. The highest BCUT2D eigenvalue weighted by Gasteiger charge is 2.25. The standard InChI is InChI=1S/C24H24N4O3/c1-3-17-13-25-11-10-20(17)24(30)27-22-12-18-6-9-23(29)28(21(18)14-26-22)15-16-4-7-19(31-2)8-5-16/h4-5,7-8,10-14H,3,6,9,15H2,1-2H3,(H,26,27,30). The molecule has 0 unspecified atom stereocenters. The van der Waals surface area contributed by atoms with Gasteiger partial charge in [-0.2, -0.15) is 0 Å². The van der Waals surface area contributed by atoms with Crippen molar-refractivity contribution in [2.75, 3.05) is 17.3 Å². The Kier molecular flexibility index (Phi) is 5.93. The van der Waals surface area contributed by atoms with Crippen molar-refractivity contribution in [3.05, 3.63) is 77.2 Å². The van der Waals surface area contributed by atoms with E-state index in [1.807, 2.05) is 37.3 Å². The van der Waals surface area contributed by atoms with Gasteiger partial charge in [-0.05, 0) is 53.8 Å². The number of ether oxygens (including phenoxy) is 1. The summed E-state index contributed by atoms with van der Waals surface area (Å²) in [5, 5.41) is 2.88. The predicted octanol–water partition coefficient (Wildman–Crippen LogP) is 3.78. The van der Waals surface area contributed by atoms with Crippen LogP contribution >= 0.6 is 0 Å². The van der Waals surface area contributed by atoms with Crippen LogP contribution in [0.25, 0.3) is 0 Å². The van der Waals surface area contributed by atoms with E-state index in [0.29, 0.717) is 30.8 Å². The molecular weight excluding hydrogens is 392 g/mol. The zero-order chi connectivity index (χ0) is 21.8. The van der Waals surface area contributed by atoms with E-state index in [0.717, 1.165) is 34.5 Å². The number of benzene rings is 1. The van der Waals surface area contributed by atoms with Crippen LogP contribution in [0.2, 0.25) is 0 Å². The first-order chi connectivity index (χ1) is 15.1. The third-order valence-corrected chi connectivity index (χ3v) is 5.44. The quantitative estimate of drug-likeness (QED) is 0.661. The van der Waals surface area contributed by atoms with Crippen LogP contribution in [-0.4, -0.2) is 28.9 Å². The van der Waals surface area contributed by atoms with Gasteiger partial charge in [-0.1, -0.05) is 19.1 Å². The van der Waals surface area contributed by atoms with E-state index in [2.05, 4.69) is 15.3 Å². The molecule has 2 aromatic heterocycles. The van der Waals surface area contributed by atoms with Gasteiger partial charge in [0.1, 0.15) is 11.6 Å². The highest BCUT2D eigenvalue weighted by atomic mass is 16.5. The Morgan fingerprint density at radius 1 is 1.16 bits per heavy atom. The number of aromatic nitrogens is 2. The number of anilines is 2. The first kappa shape index (κ1) is 20.5. The van der Waals surface area contributed by atoms with E-state index >= 15 is 0 Å². The summed E-state index contributed by atoms with van der Waals surface area (Å²) in [6.45, 7) is 2.44. The van der Waals surface area contributed by atoms with Crippen molar-refractivity contribution < 1.29 is 14.3 Å². The Morgan fingerprint density at radius 2 is 1.97 bits per heavy atom. The van der Waals surface area contributed by atoms with E-state index in [1.54, 1.807) is 36.7 Å². The number of nitrogens with one attached hydrogen (secondary N) is 1. The summed E-state index contributed by atoms with van der Waals surface area (Å²) in [7, 11) is 1.62. The number of carbonyl (C=O) groups is 2. The maximum absolute atomic E-state index is 12.7. The molecule has 31 heavy (non-hydrogen) atoms. The van der Waals surface area contributed by atoms with Crippen LogP contribution in [0.15, 0.2) is 55.0 Å². The molecule has 0 saturated carbocycles. The van der Waals surface area contributed by atoms with Crippen molar-refractivity contribution >= 4 is 23.3 Å². The summed E-state index contributed by atoms with van der Waals surface area (Å²) >= 11 is 0. The topological polar surface area (TPSA) is 84.4 Å². The minimum absolute atomic E-state index is 0.0614. The summed E-state index contributed by atoms with van der Waals surface area (Å²) < 4.78 is 5.20. The molecule has 2 amide bonds. The lowest BCUT2D eigenvalue weighted by Crippen LogP contribution is -2.34. The van der Waals surface area contributed by atoms with Gasteiger partial charge in [0.05, 0.1) is 25.5 Å². The molecule has 3 aromatic rings. The third kappa shape index (κ3) is 4.40. The molecule has 158 valence electrons. The van der Waals surface area contributed by atoms with Gasteiger partial charge in [-0.15, -0.1) is 0 Å². The van der Waals surface area contributed by atoms with E-state index < -0.39 is 0 Å². The molecule has 0 saturated heterocycles. The molecule has 4 rings (SSSR count). The van der Waals surface area contributed by atoms with Gasteiger partial charge in [0.15, 0.2) is 0 Å². The zero-order valence-electron chi connectivity index (χ0n) is 17.6. The van der Waals surface area contributed by atoms with Crippen molar-refractivity contribution in [3.63, 3.8) is 0 Å². The molecule has 1 aliphatic heterocycles. The summed E-state index contributed by atoms with van der Waals surface area (Å²) in [5.41, 5.74) is 4.25. The molecular formula is C24H24N4O3. The average Bonchev–Trinajstić information content (AvgIpc) is 2.81. The van der Waals surface area contributed by atoms with Crippen molar-refractivity contribution in [1.29, 1.82) is 0 Å². The molecule has 0 bridgehead atoms. The maximum atomic E-state index is 12.7. The number of amides is 2. The number of pyridine rings is 2. The number of rotatable bonds is 6. The van der Waals surface area contributed by atoms with Crippen LogP contribution in [0.4, 0.5) is 11.5 Å². The van der Waals surface area contributed by atoms with Crippen LogP contribution in [0, 0.1) is 0 Å². The van der Waals surface area contributed by atoms with E-state index in [1.165, 1.54) is 0 Å². The number of methoxy groups -OCH3 is 1. The first-order valence-electron chi connectivity index (χ1n) is 10.3. The fourth-order valence-electron chi connectivity index (χ4n) is 3.71. The van der Waals surface area contributed by atoms with Gasteiger partial charge < -0.3 is 15.0 Å². The van der Waals surface area contributed by atoms with Crippen LogP contribution in [0.1, 0.15) is 40.4 Å². The average molecular weight is 416 g/mol. The fraction of sp³-hybridized carbons (Fsp3) is 0.250. The van der Waals surface area contributed by atoms with Crippen molar-refractivity contribution in [3.8, 4) is 5.75 Å². The summed E-state index contributed by atoms with van der Waals surface area (Å²) in [5.74, 6) is 1.10. The molecule has 1 aliphatic rings. The normalized spacial score (nSPS) is 13.0. The molecule has 3 heterocycles. The molecule has 0 spiro atoms. The molecule has 0 aliphatic carbocycles. The van der Waals surface area contributed by atoms with Crippen molar-refractivity contribution in [2.24, 2.45) is 0 Å². The van der Waals surface area contributed by atoms with Crippen LogP contribution in [0.3, 0.4) is 0 Å². The Hall–Kier alpha value is -3.74. The van der Waals surface area contributed by atoms with Crippen LogP contribution in [-0.2, 0) is 24.2 Å². The molecule has 7 nitrogen and oxygen atoms in total. The third-order valence-electron chi connectivity index (χ3n) is 5.44. The monoisotopic (exact) mass is 416 g/mol. The molecule has 0 fully saturated rings. The maximum Gasteiger partial charge on any atom is 0.257 e. The lowest BCUT2D eigenvalue weighted by atomic mass is 10.0. The van der Waals surface area contributed by atoms with Crippen LogP contribution < -0.4 is 15.0 Å². The highest BCUT2D eigenvalue weighted by Crippen LogP contribution is 2.30. The minimum Gasteiger partial charge on any atom is -0.497 e. The number of carbonyl (C=O) groups excluding carboxylic acids is 2. The second kappa shape index (κ2) is 8.95. The number of hydrogen-bond donors (Lipinski definition) is 1.